The van der Waals surface area contributed by atoms with Gasteiger partial charge in [-0.1, -0.05) is 48.5 Å². The van der Waals surface area contributed by atoms with Crippen LogP contribution in [0.5, 0.6) is 0 Å². The molecule has 41 heavy (non-hydrogen) atoms. The number of aromatic nitrogens is 2. The molecule has 1 aliphatic rings. The SMILES string of the molecule is O=C(c1cc(-c2cccs2)nc2ccccc12)N1CCCN(C(=O)c2cc(-c3cccs3)nc3ccccc23)CC1. The minimum absolute atomic E-state index is 0.0231. The van der Waals surface area contributed by atoms with Crippen molar-refractivity contribution in [2.75, 3.05) is 26.2 Å². The van der Waals surface area contributed by atoms with Crippen molar-refractivity contribution in [3.8, 4) is 21.1 Å². The molecule has 0 aliphatic carbocycles. The Morgan fingerprint density at radius 2 is 1.05 bits per heavy atom. The van der Waals surface area contributed by atoms with Gasteiger partial charge in [-0.3, -0.25) is 9.59 Å². The monoisotopic (exact) mass is 574 g/mol. The number of fused-ring (bicyclic) bond motifs is 2. The van der Waals surface area contributed by atoms with E-state index >= 15 is 0 Å². The largest absolute Gasteiger partial charge is 0.337 e. The van der Waals surface area contributed by atoms with Crippen LogP contribution in [0.2, 0.25) is 0 Å². The van der Waals surface area contributed by atoms with Crippen LogP contribution in [-0.4, -0.2) is 57.8 Å². The van der Waals surface area contributed by atoms with E-state index in [9.17, 15) is 9.59 Å². The summed E-state index contributed by atoms with van der Waals surface area (Å²) in [4.78, 5) is 43.4. The first-order chi connectivity index (χ1) is 20.2. The maximum absolute atomic E-state index is 14.0. The number of carbonyl (C=O) groups excluding carboxylic acids is 2. The Morgan fingerprint density at radius 1 is 0.585 bits per heavy atom. The lowest BCUT2D eigenvalue weighted by Gasteiger charge is -2.23. The van der Waals surface area contributed by atoms with E-state index in [-0.39, 0.29) is 11.8 Å². The van der Waals surface area contributed by atoms with Crippen LogP contribution in [0, 0.1) is 0 Å². The zero-order chi connectivity index (χ0) is 27.8. The third-order valence-electron chi connectivity index (χ3n) is 7.51. The predicted molar refractivity (Wildman–Crippen MR) is 167 cm³/mol. The number of hydrogen-bond donors (Lipinski definition) is 0. The summed E-state index contributed by atoms with van der Waals surface area (Å²) in [5.41, 5.74) is 4.53. The maximum Gasteiger partial charge on any atom is 0.254 e. The highest BCUT2D eigenvalue weighted by atomic mass is 32.1. The Bertz CT molecular complexity index is 1750. The molecule has 6 nitrogen and oxygen atoms in total. The summed E-state index contributed by atoms with van der Waals surface area (Å²) in [6.07, 6.45) is 0.707. The van der Waals surface area contributed by atoms with E-state index in [1.54, 1.807) is 22.7 Å². The molecule has 0 atom stereocenters. The van der Waals surface area contributed by atoms with Crippen LogP contribution < -0.4 is 0 Å². The molecule has 2 amide bonds. The van der Waals surface area contributed by atoms with Gasteiger partial charge in [0.25, 0.3) is 11.8 Å². The van der Waals surface area contributed by atoms with Gasteiger partial charge >= 0.3 is 0 Å². The smallest absolute Gasteiger partial charge is 0.254 e. The minimum atomic E-state index is -0.0231. The number of pyridine rings is 2. The first kappa shape index (κ1) is 25.6. The number of thiophene rings is 2. The number of para-hydroxylation sites is 2. The highest BCUT2D eigenvalue weighted by molar-refractivity contribution is 7.13. The van der Waals surface area contributed by atoms with Gasteiger partial charge in [-0.05, 0) is 53.6 Å². The molecule has 5 heterocycles. The molecule has 1 fully saturated rings. The average molecular weight is 575 g/mol. The van der Waals surface area contributed by atoms with Gasteiger partial charge in [0.15, 0.2) is 0 Å². The highest BCUT2D eigenvalue weighted by Gasteiger charge is 2.26. The number of nitrogens with zero attached hydrogens (tertiary/aromatic N) is 4. The second kappa shape index (κ2) is 10.9. The van der Waals surface area contributed by atoms with E-state index in [0.717, 1.165) is 42.9 Å². The molecule has 0 saturated carbocycles. The average Bonchev–Trinajstić information content (AvgIpc) is 3.71. The summed E-state index contributed by atoms with van der Waals surface area (Å²) < 4.78 is 0. The van der Waals surface area contributed by atoms with E-state index in [1.165, 1.54) is 0 Å². The molecule has 0 unspecified atom stereocenters. The highest BCUT2D eigenvalue weighted by Crippen LogP contribution is 2.30. The van der Waals surface area contributed by atoms with Crippen molar-refractivity contribution in [1.29, 1.82) is 0 Å². The van der Waals surface area contributed by atoms with Gasteiger partial charge in [-0.2, -0.15) is 0 Å². The first-order valence-electron chi connectivity index (χ1n) is 13.6. The molecule has 8 heteroatoms. The number of carbonyl (C=O) groups is 2. The van der Waals surface area contributed by atoms with Crippen LogP contribution in [0.4, 0.5) is 0 Å². The van der Waals surface area contributed by atoms with Crippen molar-refractivity contribution >= 4 is 56.3 Å². The van der Waals surface area contributed by atoms with E-state index < -0.39 is 0 Å². The molecule has 202 valence electrons. The summed E-state index contributed by atoms with van der Waals surface area (Å²) in [5, 5.41) is 5.73. The molecule has 0 N–H and O–H groups in total. The van der Waals surface area contributed by atoms with Crippen molar-refractivity contribution in [2.24, 2.45) is 0 Å². The van der Waals surface area contributed by atoms with Crippen molar-refractivity contribution in [2.45, 2.75) is 6.42 Å². The fraction of sp³-hybridized carbons (Fsp3) is 0.152. The topological polar surface area (TPSA) is 66.4 Å². The Hall–Kier alpha value is -4.40. The molecule has 2 aromatic carbocycles. The number of benzene rings is 2. The van der Waals surface area contributed by atoms with Gasteiger partial charge < -0.3 is 9.80 Å². The van der Waals surface area contributed by atoms with E-state index in [0.29, 0.717) is 43.7 Å². The number of amides is 2. The summed E-state index contributed by atoms with van der Waals surface area (Å²) >= 11 is 3.22. The molecule has 1 aliphatic heterocycles. The third kappa shape index (κ3) is 4.90. The lowest BCUT2D eigenvalue weighted by molar-refractivity contribution is 0.0720. The fourth-order valence-electron chi connectivity index (χ4n) is 5.47. The van der Waals surface area contributed by atoms with Crippen LogP contribution in [-0.2, 0) is 0 Å². The van der Waals surface area contributed by atoms with Gasteiger partial charge in [0.1, 0.15) is 0 Å². The van der Waals surface area contributed by atoms with E-state index in [4.69, 9.17) is 9.97 Å². The van der Waals surface area contributed by atoms with Crippen molar-refractivity contribution in [1.82, 2.24) is 19.8 Å². The van der Waals surface area contributed by atoms with Crippen LogP contribution in [0.3, 0.4) is 0 Å². The lowest BCUT2D eigenvalue weighted by atomic mass is 10.1. The molecule has 0 bridgehead atoms. The Kier molecular flexibility index (Phi) is 6.78. The molecule has 0 radical (unpaired) electrons. The second-order valence-corrected chi connectivity index (χ2v) is 11.9. The second-order valence-electron chi connectivity index (χ2n) is 10.0. The van der Waals surface area contributed by atoms with Crippen LogP contribution in [0.25, 0.3) is 42.9 Å². The standard InChI is InChI=1S/C33H26N4O2S2/c38-32(24-20-28(30-12-5-18-40-30)34-26-10-3-1-8-22(24)26)36-14-7-15-37(17-16-36)33(39)25-21-29(31-13-6-19-41-31)35-27-11-4-2-9-23(25)27/h1-6,8-13,18-21H,7,14-17H2. The zero-order valence-corrected chi connectivity index (χ0v) is 23.8. The first-order valence-corrected chi connectivity index (χ1v) is 15.4. The van der Waals surface area contributed by atoms with Gasteiger partial charge in [-0.15, -0.1) is 22.7 Å². The van der Waals surface area contributed by atoms with Gasteiger partial charge in [0.2, 0.25) is 0 Å². The predicted octanol–water partition coefficient (Wildman–Crippen LogP) is 7.23. The molecule has 7 rings (SSSR count). The molecule has 0 spiro atoms. The summed E-state index contributed by atoms with van der Waals surface area (Å²) in [6.45, 7) is 2.11. The Morgan fingerprint density at radius 3 is 1.49 bits per heavy atom. The summed E-state index contributed by atoms with van der Waals surface area (Å²) in [7, 11) is 0. The van der Waals surface area contributed by atoms with Crippen molar-refractivity contribution in [3.05, 3.63) is 107 Å². The maximum atomic E-state index is 14.0. The summed E-state index contributed by atoms with van der Waals surface area (Å²) in [6, 6.07) is 27.5. The Labute approximate surface area is 245 Å². The van der Waals surface area contributed by atoms with Crippen LogP contribution in [0.1, 0.15) is 27.1 Å². The van der Waals surface area contributed by atoms with Crippen LogP contribution in [0.15, 0.2) is 95.7 Å². The van der Waals surface area contributed by atoms with Gasteiger partial charge in [0.05, 0.1) is 43.3 Å². The van der Waals surface area contributed by atoms with Gasteiger partial charge in [-0.25, -0.2) is 9.97 Å². The van der Waals surface area contributed by atoms with Gasteiger partial charge in [0, 0.05) is 37.0 Å². The normalized spacial score (nSPS) is 14.0. The molecular weight excluding hydrogens is 549 g/mol. The Balaban J connectivity index is 1.17. The minimum Gasteiger partial charge on any atom is -0.337 e. The summed E-state index contributed by atoms with van der Waals surface area (Å²) in [5.74, 6) is -0.0462. The van der Waals surface area contributed by atoms with E-state index in [1.807, 2.05) is 105 Å². The quantitative estimate of drug-likeness (QED) is 0.223. The van der Waals surface area contributed by atoms with Crippen molar-refractivity contribution in [3.63, 3.8) is 0 Å². The number of rotatable bonds is 4. The van der Waals surface area contributed by atoms with E-state index in [2.05, 4.69) is 0 Å². The molecule has 1 saturated heterocycles. The molecular formula is C33H26N4O2S2. The van der Waals surface area contributed by atoms with Crippen molar-refractivity contribution < 1.29 is 9.59 Å². The van der Waals surface area contributed by atoms with Crippen LogP contribution >= 0.6 is 22.7 Å². The third-order valence-corrected chi connectivity index (χ3v) is 9.30. The lowest BCUT2D eigenvalue weighted by Crippen LogP contribution is -2.37. The molecule has 6 aromatic rings. The fourth-order valence-corrected chi connectivity index (χ4v) is 6.84. The molecule has 4 aromatic heterocycles. The number of hydrogen-bond acceptors (Lipinski definition) is 6. The zero-order valence-electron chi connectivity index (χ0n) is 22.2.